The van der Waals surface area contributed by atoms with E-state index in [1.54, 1.807) is 0 Å². The average Bonchev–Trinajstić information content (AvgIpc) is 3.38. The summed E-state index contributed by atoms with van der Waals surface area (Å²) in [6.45, 7) is 2.66. The van der Waals surface area contributed by atoms with Crippen molar-refractivity contribution in [1.82, 2.24) is 20.2 Å². The molecule has 0 bridgehead atoms. The average molecular weight is 634 g/mol. The lowest BCUT2D eigenvalue weighted by Crippen LogP contribution is -2.43. The van der Waals surface area contributed by atoms with E-state index < -0.39 is 66.5 Å². The van der Waals surface area contributed by atoms with Gasteiger partial charge in [-0.15, -0.1) is 0 Å². The highest BCUT2D eigenvalue weighted by atomic mass is 79.9. The van der Waals surface area contributed by atoms with E-state index in [-0.39, 0.29) is 39.7 Å². The molecule has 1 aromatic heterocycles. The Balaban J connectivity index is 1.62. The van der Waals surface area contributed by atoms with Crippen molar-refractivity contribution in [1.29, 1.82) is 0 Å². The zero-order valence-corrected chi connectivity index (χ0v) is 22.1. The van der Waals surface area contributed by atoms with Gasteiger partial charge in [-0.1, -0.05) is 18.2 Å². The number of nitrogens with one attached hydrogen (secondary N) is 1. The van der Waals surface area contributed by atoms with Gasteiger partial charge in [-0.2, -0.15) is 9.97 Å². The van der Waals surface area contributed by atoms with Gasteiger partial charge in [0.1, 0.15) is 35.3 Å². The van der Waals surface area contributed by atoms with Gasteiger partial charge in [0.2, 0.25) is 5.88 Å². The monoisotopic (exact) mass is 632 g/mol. The summed E-state index contributed by atoms with van der Waals surface area (Å²) >= 11 is 9.18. The van der Waals surface area contributed by atoms with Crippen LogP contribution in [0.15, 0.2) is 16.6 Å². The third-order valence-electron chi connectivity index (χ3n) is 6.76. The number of halogens is 8. The number of hydrogen-bond acceptors (Lipinski definition) is 7. The van der Waals surface area contributed by atoms with Crippen LogP contribution in [0.5, 0.6) is 17.6 Å². The number of hydrogen-bond donors (Lipinski definition) is 2. The molecule has 2 saturated heterocycles. The molecule has 2 N–H and O–H groups in total. The second-order valence-corrected chi connectivity index (χ2v) is 10.4. The molecule has 0 saturated carbocycles. The van der Waals surface area contributed by atoms with Gasteiger partial charge in [-0.3, -0.25) is 4.90 Å². The maximum atomic E-state index is 15.1. The van der Waals surface area contributed by atoms with Crippen LogP contribution >= 0.6 is 27.5 Å². The Labute approximate surface area is 227 Å². The van der Waals surface area contributed by atoms with Gasteiger partial charge in [0.25, 0.3) is 12.9 Å². The number of aromatic hydroxyl groups is 1. The van der Waals surface area contributed by atoms with Gasteiger partial charge in [0, 0.05) is 18.5 Å². The van der Waals surface area contributed by atoms with Crippen LogP contribution in [0, 0.1) is 5.82 Å². The number of fused-ring (bicyclic) bond motifs is 2. The standard InChI is InChI=1S/C23H24BrClF6N4O3/c1-10(20(30)31)12(32-6-13(27)28)8-37-19-14-18(17(29)15(24)16(19)25)33-22(34-21(14)36)38-9-23-3-2-4-35(23)7-11(26)5-23/h11-13,20,32H,1-9H2,(H,33,34,36)/t11-,12-,23+/m1/s1. The Morgan fingerprint density at radius 3 is 2.71 bits per heavy atom. The van der Waals surface area contributed by atoms with E-state index in [0.29, 0.717) is 13.0 Å². The first kappa shape index (κ1) is 29.0. The summed E-state index contributed by atoms with van der Waals surface area (Å²) in [4.78, 5) is 9.88. The topological polar surface area (TPSA) is 79.7 Å². The predicted octanol–water partition coefficient (Wildman–Crippen LogP) is 5.27. The Bertz CT molecular complexity index is 1210. The minimum Gasteiger partial charge on any atom is -0.493 e. The van der Waals surface area contributed by atoms with Crippen LogP contribution in [-0.4, -0.2) is 83.4 Å². The summed E-state index contributed by atoms with van der Waals surface area (Å²) in [6.07, 6.45) is -5.04. The van der Waals surface area contributed by atoms with E-state index in [1.807, 2.05) is 4.90 Å². The second kappa shape index (κ2) is 11.6. The molecule has 210 valence electrons. The maximum absolute atomic E-state index is 15.1. The summed E-state index contributed by atoms with van der Waals surface area (Å²) in [6, 6.07) is -1.80. The van der Waals surface area contributed by atoms with E-state index >= 15 is 4.39 Å². The second-order valence-electron chi connectivity index (χ2n) is 9.23. The molecule has 2 aliphatic rings. The normalized spacial score (nSPS) is 22.4. The van der Waals surface area contributed by atoms with Crippen molar-refractivity contribution in [2.24, 2.45) is 0 Å². The van der Waals surface area contributed by atoms with Crippen molar-refractivity contribution in [2.75, 3.05) is 32.8 Å². The quantitative estimate of drug-likeness (QED) is 0.198. The summed E-state index contributed by atoms with van der Waals surface area (Å²) < 4.78 is 91.8. The van der Waals surface area contributed by atoms with Crippen molar-refractivity contribution in [3.8, 4) is 17.6 Å². The Morgan fingerprint density at radius 1 is 1.29 bits per heavy atom. The molecule has 0 spiro atoms. The van der Waals surface area contributed by atoms with Gasteiger partial charge in [0.15, 0.2) is 11.6 Å². The molecule has 15 heteroatoms. The van der Waals surface area contributed by atoms with Crippen LogP contribution in [0.25, 0.3) is 10.9 Å². The number of aromatic nitrogens is 2. The minimum atomic E-state index is -3.04. The molecule has 1 aromatic carbocycles. The van der Waals surface area contributed by atoms with Gasteiger partial charge in [0.05, 0.1) is 22.6 Å². The zero-order valence-electron chi connectivity index (χ0n) is 19.8. The first-order valence-electron chi connectivity index (χ1n) is 11.6. The van der Waals surface area contributed by atoms with E-state index in [0.717, 1.165) is 13.0 Å². The predicted molar refractivity (Wildman–Crippen MR) is 131 cm³/mol. The molecule has 2 aromatic rings. The highest BCUT2D eigenvalue weighted by Crippen LogP contribution is 2.45. The molecular formula is C23H24BrClF6N4O3. The summed E-state index contributed by atoms with van der Waals surface area (Å²) in [5.41, 5.74) is -1.72. The molecule has 0 radical (unpaired) electrons. The summed E-state index contributed by atoms with van der Waals surface area (Å²) in [5, 5.41) is 12.1. The van der Waals surface area contributed by atoms with Crippen molar-refractivity contribution in [2.45, 2.75) is 49.9 Å². The molecule has 0 aliphatic carbocycles. The van der Waals surface area contributed by atoms with Crippen molar-refractivity contribution >= 4 is 38.4 Å². The lowest BCUT2D eigenvalue weighted by Gasteiger charge is -2.30. The molecule has 4 rings (SSSR count). The lowest BCUT2D eigenvalue weighted by atomic mass is 9.95. The first-order valence-corrected chi connectivity index (χ1v) is 12.8. The van der Waals surface area contributed by atoms with Crippen molar-refractivity contribution in [3.05, 3.63) is 27.5 Å². The number of benzene rings is 1. The van der Waals surface area contributed by atoms with Crippen LogP contribution in [0.1, 0.15) is 19.3 Å². The number of rotatable bonds is 11. The van der Waals surface area contributed by atoms with Crippen molar-refractivity contribution < 1.29 is 40.9 Å². The molecule has 0 amide bonds. The summed E-state index contributed by atoms with van der Waals surface area (Å²) in [7, 11) is 0. The molecule has 7 nitrogen and oxygen atoms in total. The van der Waals surface area contributed by atoms with Gasteiger partial charge in [-0.05, 0) is 35.3 Å². The van der Waals surface area contributed by atoms with Gasteiger partial charge >= 0.3 is 6.01 Å². The Kier molecular flexibility index (Phi) is 8.85. The Morgan fingerprint density at radius 2 is 2.03 bits per heavy atom. The van der Waals surface area contributed by atoms with E-state index in [9.17, 15) is 27.1 Å². The Hall–Kier alpha value is -2.03. The largest absolute Gasteiger partial charge is 0.493 e. The van der Waals surface area contributed by atoms with Crippen molar-refractivity contribution in [3.63, 3.8) is 0 Å². The molecule has 3 atom stereocenters. The fraction of sp³-hybridized carbons (Fsp3) is 0.565. The SMILES string of the molecule is C=C(C(F)F)[C@@H](COc1c(Cl)c(Br)c(F)c2nc(OC[C@@]34CCCN3C[C@H](F)C4)nc(O)c12)NCC(F)F. The number of nitrogens with zero attached hydrogens (tertiary/aromatic N) is 3. The zero-order chi connectivity index (χ0) is 27.8. The molecule has 3 heterocycles. The number of ether oxygens (including phenoxy) is 2. The molecule has 0 unspecified atom stereocenters. The smallest absolute Gasteiger partial charge is 0.320 e. The number of alkyl halides is 5. The van der Waals surface area contributed by atoms with Crippen LogP contribution in [0.2, 0.25) is 5.02 Å². The third kappa shape index (κ3) is 5.77. The summed E-state index contributed by atoms with van der Waals surface area (Å²) in [5.74, 6) is -2.15. The van der Waals surface area contributed by atoms with Gasteiger partial charge in [-0.25, -0.2) is 26.3 Å². The maximum Gasteiger partial charge on any atom is 0.320 e. The molecule has 2 fully saturated rings. The van der Waals surface area contributed by atoms with E-state index in [4.69, 9.17) is 21.1 Å². The lowest BCUT2D eigenvalue weighted by molar-refractivity contribution is 0.107. The van der Waals surface area contributed by atoms with Gasteiger partial charge < -0.3 is 19.9 Å². The van der Waals surface area contributed by atoms with Crippen LogP contribution in [0.3, 0.4) is 0 Å². The van der Waals surface area contributed by atoms with Crippen LogP contribution in [-0.2, 0) is 0 Å². The molecule has 2 aliphatic heterocycles. The minimum absolute atomic E-state index is 0.0192. The fourth-order valence-electron chi connectivity index (χ4n) is 4.90. The fourth-order valence-corrected chi connectivity index (χ4v) is 5.50. The van der Waals surface area contributed by atoms with Crippen LogP contribution < -0.4 is 14.8 Å². The van der Waals surface area contributed by atoms with E-state index in [2.05, 4.69) is 37.8 Å². The van der Waals surface area contributed by atoms with E-state index in [1.165, 1.54) is 0 Å². The highest BCUT2D eigenvalue weighted by molar-refractivity contribution is 9.10. The molecule has 38 heavy (non-hydrogen) atoms. The molecular weight excluding hydrogens is 610 g/mol. The highest BCUT2D eigenvalue weighted by Gasteiger charge is 2.49. The first-order chi connectivity index (χ1) is 17.9. The van der Waals surface area contributed by atoms with Crippen LogP contribution in [0.4, 0.5) is 26.3 Å². The third-order valence-corrected chi connectivity index (χ3v) is 8.09.